The van der Waals surface area contributed by atoms with Crippen LogP contribution in [0.1, 0.15) is 16.7 Å². The number of benzene rings is 1. The molecule has 8 heteroatoms. The average Bonchev–Trinajstić information content (AvgIpc) is 2.77. The molecule has 2 N–H and O–H groups in total. The highest BCUT2D eigenvalue weighted by molar-refractivity contribution is 5.54. The SMILES string of the molecule is Oc1c(CN2CCOCC2)cc(CN2CCOCC2)c(CN2CCOCC2)c1O. The topological polar surface area (TPSA) is 77.9 Å². The Morgan fingerprint density at radius 1 is 0.586 bits per heavy atom. The lowest BCUT2D eigenvalue weighted by molar-refractivity contribution is 0.0302. The molecular weight excluding hydrogens is 374 g/mol. The molecule has 29 heavy (non-hydrogen) atoms. The minimum atomic E-state index is 0.0190. The molecule has 8 nitrogen and oxygen atoms in total. The lowest BCUT2D eigenvalue weighted by Crippen LogP contribution is -2.38. The van der Waals surface area contributed by atoms with Gasteiger partial charge in [0.15, 0.2) is 11.5 Å². The van der Waals surface area contributed by atoms with Crippen LogP contribution in [0.25, 0.3) is 0 Å². The zero-order valence-electron chi connectivity index (χ0n) is 17.1. The summed E-state index contributed by atoms with van der Waals surface area (Å²) >= 11 is 0. The Labute approximate surface area is 172 Å². The van der Waals surface area contributed by atoms with Crippen molar-refractivity contribution >= 4 is 0 Å². The Kier molecular flexibility index (Phi) is 7.23. The van der Waals surface area contributed by atoms with E-state index < -0.39 is 0 Å². The van der Waals surface area contributed by atoms with Crippen molar-refractivity contribution in [2.24, 2.45) is 0 Å². The normalized spacial score (nSPS) is 22.8. The Morgan fingerprint density at radius 3 is 1.48 bits per heavy atom. The molecule has 1 aromatic rings. The number of hydrogen-bond acceptors (Lipinski definition) is 8. The van der Waals surface area contributed by atoms with Gasteiger partial charge in [-0.15, -0.1) is 0 Å². The smallest absolute Gasteiger partial charge is 0.162 e. The van der Waals surface area contributed by atoms with Crippen LogP contribution in [0, 0.1) is 0 Å². The van der Waals surface area contributed by atoms with E-state index in [1.54, 1.807) is 0 Å². The number of phenolic OH excluding ortho intramolecular Hbond substituents is 2. The van der Waals surface area contributed by atoms with Crippen molar-refractivity contribution < 1.29 is 24.4 Å². The van der Waals surface area contributed by atoms with Crippen LogP contribution < -0.4 is 0 Å². The first-order valence-electron chi connectivity index (χ1n) is 10.7. The van der Waals surface area contributed by atoms with E-state index >= 15 is 0 Å². The summed E-state index contributed by atoms with van der Waals surface area (Å²) in [6.45, 7) is 11.5. The molecule has 0 aliphatic carbocycles. The number of aromatic hydroxyl groups is 2. The van der Waals surface area contributed by atoms with Crippen molar-refractivity contribution in [3.63, 3.8) is 0 Å². The maximum absolute atomic E-state index is 11.0. The molecule has 162 valence electrons. The quantitative estimate of drug-likeness (QED) is 0.664. The third kappa shape index (κ3) is 5.39. The molecule has 1 aromatic carbocycles. The number of nitrogens with zero attached hydrogens (tertiary/aromatic N) is 3. The highest BCUT2D eigenvalue weighted by atomic mass is 16.5. The molecule has 0 radical (unpaired) electrons. The van der Waals surface area contributed by atoms with Gasteiger partial charge in [0.25, 0.3) is 0 Å². The van der Waals surface area contributed by atoms with Crippen LogP contribution >= 0.6 is 0 Å². The lowest BCUT2D eigenvalue weighted by Gasteiger charge is -2.31. The van der Waals surface area contributed by atoms with Crippen LogP contribution in [-0.2, 0) is 33.8 Å². The summed E-state index contributed by atoms with van der Waals surface area (Å²) in [6, 6.07) is 2.09. The number of morpholine rings is 3. The predicted octanol–water partition coefficient (Wildman–Crippen LogP) is 0.594. The first-order valence-corrected chi connectivity index (χ1v) is 10.7. The van der Waals surface area contributed by atoms with Gasteiger partial charge in [-0.2, -0.15) is 0 Å². The van der Waals surface area contributed by atoms with Crippen molar-refractivity contribution in [2.45, 2.75) is 19.6 Å². The largest absolute Gasteiger partial charge is 0.504 e. The highest BCUT2D eigenvalue weighted by Gasteiger charge is 2.24. The molecule has 0 bridgehead atoms. The van der Waals surface area contributed by atoms with Gasteiger partial charge in [-0.1, -0.05) is 0 Å². The molecule has 3 heterocycles. The fourth-order valence-corrected chi connectivity index (χ4v) is 4.23. The van der Waals surface area contributed by atoms with E-state index in [-0.39, 0.29) is 11.5 Å². The number of ether oxygens (including phenoxy) is 3. The number of rotatable bonds is 6. The van der Waals surface area contributed by atoms with E-state index in [1.165, 1.54) is 0 Å². The van der Waals surface area contributed by atoms with E-state index in [0.717, 1.165) is 75.7 Å². The summed E-state index contributed by atoms with van der Waals surface area (Å²) < 4.78 is 16.4. The van der Waals surface area contributed by atoms with Crippen molar-refractivity contribution in [1.29, 1.82) is 0 Å². The maximum atomic E-state index is 11.0. The van der Waals surface area contributed by atoms with Gasteiger partial charge >= 0.3 is 0 Å². The third-order valence-electron chi connectivity index (χ3n) is 6.03. The van der Waals surface area contributed by atoms with Crippen LogP contribution in [0.3, 0.4) is 0 Å². The van der Waals surface area contributed by atoms with Gasteiger partial charge in [-0.3, -0.25) is 14.7 Å². The molecule has 0 spiro atoms. The third-order valence-corrected chi connectivity index (χ3v) is 6.03. The highest BCUT2D eigenvalue weighted by Crippen LogP contribution is 2.37. The van der Waals surface area contributed by atoms with Crippen LogP contribution in [0.5, 0.6) is 11.5 Å². The average molecular weight is 408 g/mol. The van der Waals surface area contributed by atoms with Gasteiger partial charge < -0.3 is 24.4 Å². The molecule has 0 saturated carbocycles. The summed E-state index contributed by atoms with van der Waals surface area (Å²) in [5.74, 6) is 0.0518. The van der Waals surface area contributed by atoms with Crippen LogP contribution in [-0.4, -0.2) is 104 Å². The van der Waals surface area contributed by atoms with E-state index in [4.69, 9.17) is 14.2 Å². The van der Waals surface area contributed by atoms with Gasteiger partial charge in [0, 0.05) is 70.0 Å². The Hall–Kier alpha value is -1.42. The van der Waals surface area contributed by atoms with Crippen molar-refractivity contribution in [3.8, 4) is 11.5 Å². The minimum absolute atomic E-state index is 0.0190. The second kappa shape index (κ2) is 10.1. The second-order valence-electron chi connectivity index (χ2n) is 8.04. The molecule has 0 unspecified atom stereocenters. The fourth-order valence-electron chi connectivity index (χ4n) is 4.23. The number of hydrogen-bond donors (Lipinski definition) is 2. The van der Waals surface area contributed by atoms with Crippen LogP contribution in [0.4, 0.5) is 0 Å². The monoisotopic (exact) mass is 407 g/mol. The van der Waals surface area contributed by atoms with Gasteiger partial charge in [0.2, 0.25) is 0 Å². The lowest BCUT2D eigenvalue weighted by atomic mass is 9.99. The van der Waals surface area contributed by atoms with E-state index in [2.05, 4.69) is 20.8 Å². The molecule has 3 aliphatic rings. The minimum Gasteiger partial charge on any atom is -0.504 e. The number of phenols is 2. The Balaban J connectivity index is 1.58. The Bertz CT molecular complexity index is 669. The standard InChI is InChI=1S/C21H33N3O5/c25-20-18(15-23-3-9-28-10-4-23)13-17(14-22-1-7-27-8-2-22)19(21(20)26)16-24-5-11-29-12-6-24/h13,25-26H,1-12,14-16H2. The van der Waals surface area contributed by atoms with Crippen molar-refractivity contribution in [2.75, 3.05) is 78.9 Å². The van der Waals surface area contributed by atoms with E-state index in [0.29, 0.717) is 39.5 Å². The van der Waals surface area contributed by atoms with E-state index in [1.807, 2.05) is 0 Å². The Morgan fingerprint density at radius 2 is 1.00 bits per heavy atom. The molecule has 0 amide bonds. The molecule has 4 rings (SSSR count). The summed E-state index contributed by atoms with van der Waals surface area (Å²) in [4.78, 5) is 6.90. The van der Waals surface area contributed by atoms with Crippen LogP contribution in [0.2, 0.25) is 0 Å². The van der Waals surface area contributed by atoms with Crippen molar-refractivity contribution in [3.05, 3.63) is 22.8 Å². The molecule has 0 aromatic heterocycles. The predicted molar refractivity (Wildman–Crippen MR) is 108 cm³/mol. The summed E-state index contributed by atoms with van der Waals surface area (Å²) in [5.41, 5.74) is 2.72. The van der Waals surface area contributed by atoms with Gasteiger partial charge in [0.05, 0.1) is 39.6 Å². The van der Waals surface area contributed by atoms with Gasteiger partial charge in [0.1, 0.15) is 0 Å². The van der Waals surface area contributed by atoms with E-state index in [9.17, 15) is 10.2 Å². The van der Waals surface area contributed by atoms with Gasteiger partial charge in [-0.25, -0.2) is 0 Å². The first-order chi connectivity index (χ1) is 14.2. The molecular formula is C21H33N3O5. The summed E-state index contributed by atoms with van der Waals surface area (Å²) in [7, 11) is 0. The summed E-state index contributed by atoms with van der Waals surface area (Å²) in [6.07, 6.45) is 0. The zero-order valence-corrected chi connectivity index (χ0v) is 17.1. The molecule has 3 fully saturated rings. The fraction of sp³-hybridized carbons (Fsp3) is 0.714. The zero-order chi connectivity index (χ0) is 20.1. The molecule has 3 aliphatic heterocycles. The van der Waals surface area contributed by atoms with Gasteiger partial charge in [-0.05, 0) is 11.6 Å². The molecule has 3 saturated heterocycles. The second-order valence-corrected chi connectivity index (χ2v) is 8.04. The maximum Gasteiger partial charge on any atom is 0.162 e. The van der Waals surface area contributed by atoms with Crippen molar-refractivity contribution in [1.82, 2.24) is 14.7 Å². The summed E-state index contributed by atoms with van der Waals surface area (Å²) in [5, 5.41) is 21.7. The van der Waals surface area contributed by atoms with Crippen LogP contribution in [0.15, 0.2) is 6.07 Å². The first kappa shape index (κ1) is 20.8. The molecule has 0 atom stereocenters.